The molecule has 1 amide bonds. The number of carbonyl (C=O) groups excluding carboxylic acids is 2. The lowest BCUT2D eigenvalue weighted by Crippen LogP contribution is -2.45. The molecular formula is C15H18FNO5S. The molecule has 1 atom stereocenters. The molecule has 6 nitrogen and oxygen atoms in total. The van der Waals surface area contributed by atoms with Gasteiger partial charge in [-0.15, -0.1) is 0 Å². The molecule has 0 N–H and O–H groups in total. The van der Waals surface area contributed by atoms with Crippen LogP contribution < -0.4 is 0 Å². The summed E-state index contributed by atoms with van der Waals surface area (Å²) < 4.78 is 40.7. The van der Waals surface area contributed by atoms with Crippen molar-refractivity contribution in [3.8, 4) is 0 Å². The van der Waals surface area contributed by atoms with E-state index in [0.717, 1.165) is 0 Å². The molecule has 23 heavy (non-hydrogen) atoms. The summed E-state index contributed by atoms with van der Waals surface area (Å²) in [6.45, 7) is -0.295. The zero-order valence-electron chi connectivity index (χ0n) is 12.7. The van der Waals surface area contributed by atoms with Gasteiger partial charge in [-0.25, -0.2) is 12.8 Å². The fourth-order valence-electron chi connectivity index (χ4n) is 2.52. The Morgan fingerprint density at radius 1 is 1.30 bits per heavy atom. The van der Waals surface area contributed by atoms with Gasteiger partial charge in [-0.3, -0.25) is 9.59 Å². The summed E-state index contributed by atoms with van der Waals surface area (Å²) in [5.74, 6) is -1.56. The molecular weight excluding hydrogens is 325 g/mol. The number of hydrogen-bond acceptors (Lipinski definition) is 5. The fraction of sp³-hybridized carbons (Fsp3) is 0.467. The minimum atomic E-state index is -3.19. The van der Waals surface area contributed by atoms with E-state index in [9.17, 15) is 22.4 Å². The van der Waals surface area contributed by atoms with Crippen LogP contribution in [0.5, 0.6) is 0 Å². The van der Waals surface area contributed by atoms with E-state index >= 15 is 0 Å². The van der Waals surface area contributed by atoms with E-state index in [-0.39, 0.29) is 30.4 Å². The van der Waals surface area contributed by atoms with Crippen LogP contribution in [0.3, 0.4) is 0 Å². The van der Waals surface area contributed by atoms with Crippen LogP contribution in [0.1, 0.15) is 12.0 Å². The molecule has 1 aromatic rings. The quantitative estimate of drug-likeness (QED) is 0.730. The maximum atomic E-state index is 12.9. The lowest BCUT2D eigenvalue weighted by molar-refractivity contribution is -0.148. The van der Waals surface area contributed by atoms with Gasteiger partial charge < -0.3 is 9.64 Å². The lowest BCUT2D eigenvalue weighted by atomic mass is 10.1. The molecule has 1 heterocycles. The van der Waals surface area contributed by atoms with Crippen LogP contribution in [-0.4, -0.2) is 56.4 Å². The van der Waals surface area contributed by atoms with Gasteiger partial charge in [0, 0.05) is 6.04 Å². The first-order valence-corrected chi connectivity index (χ1v) is 8.94. The van der Waals surface area contributed by atoms with Gasteiger partial charge in [0.15, 0.2) is 9.84 Å². The maximum Gasteiger partial charge on any atom is 0.325 e. The summed E-state index contributed by atoms with van der Waals surface area (Å²) in [7, 11) is -1.99. The largest absolute Gasteiger partial charge is 0.468 e. The number of carbonyl (C=O) groups is 2. The first-order valence-electron chi connectivity index (χ1n) is 7.12. The molecule has 0 radical (unpaired) electrons. The lowest BCUT2D eigenvalue weighted by Gasteiger charge is -2.27. The smallest absolute Gasteiger partial charge is 0.325 e. The second kappa shape index (κ2) is 7.08. The Labute approximate surface area is 134 Å². The van der Waals surface area contributed by atoms with E-state index in [2.05, 4.69) is 4.74 Å². The number of benzene rings is 1. The normalized spacial score (nSPS) is 19.3. The Bertz CT molecular complexity index is 686. The summed E-state index contributed by atoms with van der Waals surface area (Å²) in [4.78, 5) is 25.3. The molecule has 126 valence electrons. The molecule has 0 spiro atoms. The molecule has 1 aromatic carbocycles. The van der Waals surface area contributed by atoms with Crippen LogP contribution in [0.2, 0.25) is 0 Å². The molecule has 0 aliphatic carbocycles. The number of hydrogen-bond donors (Lipinski definition) is 0. The summed E-state index contributed by atoms with van der Waals surface area (Å²) in [6, 6.07) is 4.91. The van der Waals surface area contributed by atoms with Gasteiger partial charge in [-0.1, -0.05) is 12.1 Å². The highest BCUT2D eigenvalue weighted by Crippen LogP contribution is 2.19. The van der Waals surface area contributed by atoms with Crippen LogP contribution >= 0.6 is 0 Å². The standard InChI is InChI=1S/C15H18FNO5S/c1-22-15(19)9-17(13-6-7-23(20,21)10-13)14(18)8-11-2-4-12(16)5-3-11/h2-5,13H,6-10H2,1H3/t13-/m0/s1. The van der Waals surface area contributed by atoms with E-state index in [0.29, 0.717) is 12.0 Å². The van der Waals surface area contributed by atoms with Gasteiger partial charge >= 0.3 is 5.97 Å². The predicted molar refractivity (Wildman–Crippen MR) is 80.9 cm³/mol. The van der Waals surface area contributed by atoms with Crippen molar-refractivity contribution in [3.63, 3.8) is 0 Å². The Balaban J connectivity index is 2.13. The summed E-state index contributed by atoms with van der Waals surface area (Å²) in [5, 5.41) is 0. The summed E-state index contributed by atoms with van der Waals surface area (Å²) >= 11 is 0. The van der Waals surface area contributed by atoms with Crippen molar-refractivity contribution in [2.75, 3.05) is 25.2 Å². The predicted octanol–water partition coefficient (Wildman–Crippen LogP) is 0.557. The van der Waals surface area contributed by atoms with Crippen molar-refractivity contribution in [1.29, 1.82) is 0 Å². The van der Waals surface area contributed by atoms with Crippen LogP contribution in [-0.2, 0) is 30.6 Å². The molecule has 1 aliphatic heterocycles. The highest BCUT2D eigenvalue weighted by molar-refractivity contribution is 7.91. The number of rotatable bonds is 5. The monoisotopic (exact) mass is 343 g/mol. The number of methoxy groups -OCH3 is 1. The number of nitrogens with zero attached hydrogens (tertiary/aromatic N) is 1. The van der Waals surface area contributed by atoms with E-state index in [4.69, 9.17) is 0 Å². The van der Waals surface area contributed by atoms with Crippen molar-refractivity contribution in [2.24, 2.45) is 0 Å². The summed E-state index contributed by atoms with van der Waals surface area (Å²) in [5.41, 5.74) is 0.590. The minimum absolute atomic E-state index is 0.000826. The van der Waals surface area contributed by atoms with Crippen LogP contribution in [0, 0.1) is 5.82 Å². The van der Waals surface area contributed by atoms with Gasteiger partial charge in [0.25, 0.3) is 0 Å². The van der Waals surface area contributed by atoms with E-state index in [1.54, 1.807) is 0 Å². The van der Waals surface area contributed by atoms with Crippen molar-refractivity contribution in [2.45, 2.75) is 18.9 Å². The third kappa shape index (κ3) is 4.75. The average Bonchev–Trinajstić information content (AvgIpc) is 2.86. The molecule has 2 rings (SSSR count). The Kier molecular flexibility index (Phi) is 5.35. The van der Waals surface area contributed by atoms with Crippen molar-refractivity contribution < 1.29 is 27.1 Å². The van der Waals surface area contributed by atoms with Crippen molar-refractivity contribution in [1.82, 2.24) is 4.90 Å². The third-order valence-corrected chi connectivity index (χ3v) is 5.52. The molecule has 1 fully saturated rings. The van der Waals surface area contributed by atoms with Gasteiger partial charge in [-0.2, -0.15) is 0 Å². The third-order valence-electron chi connectivity index (χ3n) is 3.77. The number of ether oxygens (including phenoxy) is 1. The molecule has 0 unspecified atom stereocenters. The zero-order chi connectivity index (χ0) is 17.0. The van der Waals surface area contributed by atoms with Crippen molar-refractivity contribution >= 4 is 21.7 Å². The number of halogens is 1. The maximum absolute atomic E-state index is 12.9. The van der Waals surface area contributed by atoms with Gasteiger partial charge in [0.05, 0.1) is 25.0 Å². The van der Waals surface area contributed by atoms with E-state index in [1.165, 1.54) is 36.3 Å². The van der Waals surface area contributed by atoms with Crippen LogP contribution in [0.15, 0.2) is 24.3 Å². The Morgan fingerprint density at radius 2 is 1.96 bits per heavy atom. The number of esters is 1. The van der Waals surface area contributed by atoms with Gasteiger partial charge in [0.1, 0.15) is 12.4 Å². The number of amides is 1. The van der Waals surface area contributed by atoms with Crippen molar-refractivity contribution in [3.05, 3.63) is 35.6 Å². The molecule has 0 saturated carbocycles. The highest BCUT2D eigenvalue weighted by atomic mass is 32.2. The second-order valence-electron chi connectivity index (χ2n) is 5.46. The minimum Gasteiger partial charge on any atom is -0.468 e. The Morgan fingerprint density at radius 3 is 2.48 bits per heavy atom. The van der Waals surface area contributed by atoms with Crippen LogP contribution in [0.25, 0.3) is 0 Å². The van der Waals surface area contributed by atoms with E-state index in [1.807, 2.05) is 0 Å². The molecule has 1 aliphatic rings. The van der Waals surface area contributed by atoms with Gasteiger partial charge in [-0.05, 0) is 24.1 Å². The van der Waals surface area contributed by atoms with Gasteiger partial charge in [0.2, 0.25) is 5.91 Å². The zero-order valence-corrected chi connectivity index (χ0v) is 13.5. The summed E-state index contributed by atoms with van der Waals surface area (Å²) in [6.07, 6.45) is 0.266. The molecule has 0 bridgehead atoms. The van der Waals surface area contributed by atoms with Crippen LogP contribution in [0.4, 0.5) is 4.39 Å². The first kappa shape index (κ1) is 17.4. The molecule has 8 heteroatoms. The second-order valence-corrected chi connectivity index (χ2v) is 7.69. The molecule has 0 aromatic heterocycles. The fourth-order valence-corrected chi connectivity index (χ4v) is 4.25. The van der Waals surface area contributed by atoms with E-state index < -0.39 is 27.7 Å². The SMILES string of the molecule is COC(=O)CN(C(=O)Cc1ccc(F)cc1)[C@H]1CCS(=O)(=O)C1. The first-order chi connectivity index (χ1) is 10.8. The number of sulfone groups is 1. The molecule has 1 saturated heterocycles. The topological polar surface area (TPSA) is 80.8 Å². The highest BCUT2D eigenvalue weighted by Gasteiger charge is 2.35. The average molecular weight is 343 g/mol. The Hall–Kier alpha value is -1.96.